The van der Waals surface area contributed by atoms with Crippen LogP contribution in [0.2, 0.25) is 0 Å². The fourth-order valence-corrected chi connectivity index (χ4v) is 1.29. The van der Waals surface area contributed by atoms with E-state index in [4.69, 9.17) is 0 Å². The molecule has 0 aromatic carbocycles. The highest BCUT2D eigenvalue weighted by molar-refractivity contribution is 5.98. The van der Waals surface area contributed by atoms with Crippen molar-refractivity contribution in [2.45, 2.75) is 6.92 Å². The lowest BCUT2D eigenvalue weighted by Crippen LogP contribution is -2.15. The minimum Gasteiger partial charge on any atom is -0.362 e. The molecule has 0 radical (unpaired) electrons. The maximum Gasteiger partial charge on any atom is 0.271 e. The number of aliphatic imine (C=N–C) groups is 1. The Balaban J connectivity index is 2.34. The molecule has 3 heteroatoms. The molecule has 0 bridgehead atoms. The summed E-state index contributed by atoms with van der Waals surface area (Å²) in [6, 6.07) is 0. The van der Waals surface area contributed by atoms with Crippen LogP contribution in [0, 0.1) is 5.92 Å². The average molecular weight is 148 g/mol. The molecule has 2 rings (SSSR count). The normalized spacial score (nSPS) is 27.4. The number of nitrogens with zero attached hydrogens (tertiary/aromatic N) is 1. The predicted molar refractivity (Wildman–Crippen MR) is 42.0 cm³/mol. The van der Waals surface area contributed by atoms with E-state index >= 15 is 0 Å². The van der Waals surface area contributed by atoms with Gasteiger partial charge in [-0.15, -0.1) is 0 Å². The first-order valence-corrected chi connectivity index (χ1v) is 3.51. The van der Waals surface area contributed by atoms with E-state index in [1.54, 1.807) is 6.21 Å². The second-order valence-corrected chi connectivity index (χ2v) is 2.72. The van der Waals surface area contributed by atoms with Gasteiger partial charge in [-0.2, -0.15) is 0 Å². The summed E-state index contributed by atoms with van der Waals surface area (Å²) >= 11 is 0. The standard InChI is InChI=1S/C8H8N2O/c1-5-2-6-4-9-8(11)3-7(6)10-5/h2-4,6,10H,1H3. The van der Waals surface area contributed by atoms with Crippen molar-refractivity contribution < 1.29 is 4.79 Å². The Morgan fingerprint density at radius 2 is 2.45 bits per heavy atom. The molecule has 2 heterocycles. The molecule has 0 aliphatic carbocycles. The molecule has 0 aromatic heterocycles. The van der Waals surface area contributed by atoms with Crippen LogP contribution < -0.4 is 5.32 Å². The van der Waals surface area contributed by atoms with E-state index in [0.29, 0.717) is 0 Å². The number of nitrogens with one attached hydrogen (secondary N) is 1. The Kier molecular flexibility index (Phi) is 1.18. The molecule has 0 saturated carbocycles. The summed E-state index contributed by atoms with van der Waals surface area (Å²) in [4.78, 5) is 14.5. The van der Waals surface area contributed by atoms with Gasteiger partial charge in [-0.1, -0.05) is 6.08 Å². The van der Waals surface area contributed by atoms with Gasteiger partial charge in [0.05, 0.1) is 5.92 Å². The fraction of sp³-hybridized carbons (Fsp3) is 0.250. The number of fused-ring (bicyclic) bond motifs is 1. The van der Waals surface area contributed by atoms with Crippen LogP contribution in [0.3, 0.4) is 0 Å². The van der Waals surface area contributed by atoms with E-state index in [1.807, 2.05) is 13.0 Å². The van der Waals surface area contributed by atoms with Crippen LogP contribution in [0.5, 0.6) is 0 Å². The van der Waals surface area contributed by atoms with Gasteiger partial charge in [0, 0.05) is 23.7 Å². The first-order chi connectivity index (χ1) is 5.25. The van der Waals surface area contributed by atoms with E-state index in [-0.39, 0.29) is 11.8 Å². The molecule has 0 fully saturated rings. The number of allylic oxidation sites excluding steroid dienone is 2. The Morgan fingerprint density at radius 3 is 3.27 bits per heavy atom. The van der Waals surface area contributed by atoms with Gasteiger partial charge in [0.2, 0.25) is 0 Å². The zero-order valence-electron chi connectivity index (χ0n) is 6.16. The lowest BCUT2D eigenvalue weighted by molar-refractivity contribution is -0.113. The van der Waals surface area contributed by atoms with Gasteiger partial charge in [0.15, 0.2) is 0 Å². The molecular formula is C8H8N2O. The van der Waals surface area contributed by atoms with Crippen molar-refractivity contribution in [2.75, 3.05) is 0 Å². The Hall–Kier alpha value is -1.38. The van der Waals surface area contributed by atoms with Crippen molar-refractivity contribution in [2.24, 2.45) is 10.9 Å². The van der Waals surface area contributed by atoms with Gasteiger partial charge < -0.3 is 5.32 Å². The summed E-state index contributed by atoms with van der Waals surface area (Å²) < 4.78 is 0. The Morgan fingerprint density at radius 1 is 1.64 bits per heavy atom. The van der Waals surface area contributed by atoms with Gasteiger partial charge in [0.1, 0.15) is 0 Å². The maximum absolute atomic E-state index is 10.8. The third-order valence-corrected chi connectivity index (χ3v) is 1.77. The first kappa shape index (κ1) is 6.34. The van der Waals surface area contributed by atoms with E-state index in [2.05, 4.69) is 10.3 Å². The highest BCUT2D eigenvalue weighted by atomic mass is 16.1. The molecule has 11 heavy (non-hydrogen) atoms. The fourth-order valence-electron chi connectivity index (χ4n) is 1.29. The summed E-state index contributed by atoms with van der Waals surface area (Å²) in [5.41, 5.74) is 2.03. The quantitative estimate of drug-likeness (QED) is 0.546. The molecule has 1 atom stereocenters. The number of dihydropyridines is 1. The van der Waals surface area contributed by atoms with E-state index in [9.17, 15) is 4.79 Å². The monoisotopic (exact) mass is 148 g/mol. The van der Waals surface area contributed by atoms with Gasteiger partial charge in [-0.3, -0.25) is 4.79 Å². The number of carbonyl (C=O) groups is 1. The second kappa shape index (κ2) is 2.05. The largest absolute Gasteiger partial charge is 0.362 e. The Labute approximate surface area is 64.5 Å². The topological polar surface area (TPSA) is 41.5 Å². The van der Waals surface area contributed by atoms with E-state index in [0.717, 1.165) is 11.4 Å². The van der Waals surface area contributed by atoms with Gasteiger partial charge >= 0.3 is 0 Å². The molecule has 2 aliphatic heterocycles. The zero-order valence-corrected chi connectivity index (χ0v) is 6.16. The molecule has 1 amide bonds. The van der Waals surface area contributed by atoms with Crippen LogP contribution in [0.25, 0.3) is 0 Å². The van der Waals surface area contributed by atoms with Crippen molar-refractivity contribution in [3.05, 3.63) is 23.5 Å². The molecule has 3 nitrogen and oxygen atoms in total. The van der Waals surface area contributed by atoms with Crippen LogP contribution in [0.4, 0.5) is 0 Å². The molecule has 1 unspecified atom stereocenters. The molecule has 0 spiro atoms. The van der Waals surface area contributed by atoms with Gasteiger partial charge in [-0.05, 0) is 6.92 Å². The summed E-state index contributed by atoms with van der Waals surface area (Å²) in [6.45, 7) is 1.97. The highest BCUT2D eigenvalue weighted by Crippen LogP contribution is 2.20. The summed E-state index contributed by atoms with van der Waals surface area (Å²) in [6.07, 6.45) is 5.25. The van der Waals surface area contributed by atoms with Gasteiger partial charge in [-0.25, -0.2) is 4.99 Å². The molecule has 56 valence electrons. The third kappa shape index (κ3) is 0.981. The number of hydrogen-bond donors (Lipinski definition) is 1. The molecule has 0 aromatic rings. The maximum atomic E-state index is 10.8. The lowest BCUT2D eigenvalue weighted by Gasteiger charge is -2.08. The number of hydrogen-bond acceptors (Lipinski definition) is 2. The average Bonchev–Trinajstić information content (AvgIpc) is 2.27. The summed E-state index contributed by atoms with van der Waals surface area (Å²) in [5, 5.41) is 3.10. The summed E-state index contributed by atoms with van der Waals surface area (Å²) in [5.74, 6) is 0.0274. The van der Waals surface area contributed by atoms with Crippen LogP contribution in [0.15, 0.2) is 28.5 Å². The number of amides is 1. The van der Waals surface area contributed by atoms with Crippen LogP contribution >= 0.6 is 0 Å². The third-order valence-electron chi connectivity index (χ3n) is 1.77. The molecule has 0 saturated heterocycles. The Bertz CT molecular complexity index is 299. The van der Waals surface area contributed by atoms with Crippen molar-refractivity contribution >= 4 is 12.1 Å². The van der Waals surface area contributed by atoms with Gasteiger partial charge in [0.25, 0.3) is 5.91 Å². The minimum absolute atomic E-state index is 0.174. The highest BCUT2D eigenvalue weighted by Gasteiger charge is 2.20. The van der Waals surface area contributed by atoms with Crippen molar-refractivity contribution in [3.63, 3.8) is 0 Å². The number of carbonyl (C=O) groups excluding carboxylic acids is 1. The molecular weight excluding hydrogens is 140 g/mol. The zero-order chi connectivity index (χ0) is 7.84. The molecule has 1 N–H and O–H groups in total. The van der Waals surface area contributed by atoms with Crippen molar-refractivity contribution in [3.8, 4) is 0 Å². The van der Waals surface area contributed by atoms with Crippen molar-refractivity contribution in [1.29, 1.82) is 0 Å². The van der Waals surface area contributed by atoms with Crippen LogP contribution in [-0.2, 0) is 4.79 Å². The number of rotatable bonds is 0. The van der Waals surface area contributed by atoms with Crippen LogP contribution in [0.1, 0.15) is 6.92 Å². The van der Waals surface area contributed by atoms with Crippen molar-refractivity contribution in [1.82, 2.24) is 5.32 Å². The summed E-state index contributed by atoms with van der Waals surface area (Å²) in [7, 11) is 0. The second-order valence-electron chi connectivity index (χ2n) is 2.72. The van der Waals surface area contributed by atoms with E-state index < -0.39 is 0 Å². The van der Waals surface area contributed by atoms with E-state index in [1.165, 1.54) is 6.08 Å². The lowest BCUT2D eigenvalue weighted by atomic mass is 10.1. The minimum atomic E-state index is -0.174. The van der Waals surface area contributed by atoms with Crippen LogP contribution in [-0.4, -0.2) is 12.1 Å². The molecule has 2 aliphatic rings. The predicted octanol–water partition coefficient (Wildman–Crippen LogP) is 0.605. The first-order valence-electron chi connectivity index (χ1n) is 3.51. The SMILES string of the molecule is CC1=CC2C=NC(=O)C=C2N1. The smallest absolute Gasteiger partial charge is 0.271 e.